The largest absolute Gasteiger partial charge is 0.411 e. The van der Waals surface area contributed by atoms with Crippen molar-refractivity contribution in [2.24, 2.45) is 5.16 Å². The molecule has 1 heterocycles. The molecule has 1 aromatic rings. The van der Waals surface area contributed by atoms with Gasteiger partial charge in [-0.05, 0) is 13.8 Å². The Hall–Kier alpha value is -1.88. The van der Waals surface area contributed by atoms with Gasteiger partial charge in [-0.15, -0.1) is 0 Å². The van der Waals surface area contributed by atoms with Crippen LogP contribution < -0.4 is 0 Å². The molecule has 0 aliphatic carbocycles. The van der Waals surface area contributed by atoms with E-state index in [-0.39, 0.29) is 12.5 Å². The third-order valence-corrected chi connectivity index (χ3v) is 2.78. The lowest BCUT2D eigenvalue weighted by molar-refractivity contribution is -0.255. The van der Waals surface area contributed by atoms with Gasteiger partial charge in [-0.3, -0.25) is 9.63 Å². The van der Waals surface area contributed by atoms with E-state index in [0.717, 1.165) is 5.56 Å². The number of oxime groups is 1. The van der Waals surface area contributed by atoms with E-state index in [2.05, 4.69) is 5.16 Å². The lowest BCUT2D eigenvalue weighted by atomic mass is 9.91. The Kier molecular flexibility index (Phi) is 2.85. The fourth-order valence-corrected chi connectivity index (χ4v) is 1.88. The van der Waals surface area contributed by atoms with Crippen molar-refractivity contribution in [3.8, 4) is 0 Å². The molecule has 5 nitrogen and oxygen atoms in total. The van der Waals surface area contributed by atoms with Crippen LogP contribution in [-0.4, -0.2) is 34.0 Å². The summed E-state index contributed by atoms with van der Waals surface area (Å²) in [5.41, 5.74) is 0.347. The van der Waals surface area contributed by atoms with E-state index in [9.17, 15) is 4.79 Å². The maximum atomic E-state index is 11.4. The summed E-state index contributed by atoms with van der Waals surface area (Å²) in [5, 5.41) is 13.7. The fourth-order valence-electron chi connectivity index (χ4n) is 1.88. The fraction of sp³-hybridized carbons (Fsp3) is 0.333. The van der Waals surface area contributed by atoms with E-state index in [1.54, 1.807) is 13.8 Å². The summed E-state index contributed by atoms with van der Waals surface area (Å²) in [6.07, 6.45) is 0. The minimum absolute atomic E-state index is 0.0803. The van der Waals surface area contributed by atoms with Crippen molar-refractivity contribution in [3.63, 3.8) is 0 Å². The maximum absolute atomic E-state index is 11.4. The SMILES string of the molecule is CC(C)(C(=NO)c1ccccc1)N1OCC1=O. The number of carbonyl (C=O) groups is 1. The molecule has 5 heteroatoms. The van der Waals surface area contributed by atoms with Crippen molar-refractivity contribution < 1.29 is 14.8 Å². The Balaban J connectivity index is 2.34. The molecule has 1 aliphatic rings. The van der Waals surface area contributed by atoms with Crippen LogP contribution in [0.4, 0.5) is 0 Å². The Labute approximate surface area is 99.2 Å². The number of carbonyl (C=O) groups excluding carboxylic acids is 1. The molecule has 90 valence electrons. The van der Waals surface area contributed by atoms with Crippen LogP contribution in [0.3, 0.4) is 0 Å². The van der Waals surface area contributed by atoms with E-state index >= 15 is 0 Å². The third kappa shape index (κ3) is 1.89. The highest BCUT2D eigenvalue weighted by Crippen LogP contribution is 2.26. The Bertz CT molecular complexity index is 454. The summed E-state index contributed by atoms with van der Waals surface area (Å²) in [6.45, 7) is 3.62. The van der Waals surface area contributed by atoms with Crippen molar-refractivity contribution in [1.82, 2.24) is 5.06 Å². The van der Waals surface area contributed by atoms with Gasteiger partial charge in [0.05, 0.1) is 0 Å². The van der Waals surface area contributed by atoms with Gasteiger partial charge in [0, 0.05) is 5.56 Å². The molecule has 0 saturated carbocycles. The average Bonchev–Trinajstić information content (AvgIpc) is 2.28. The highest BCUT2D eigenvalue weighted by molar-refractivity contribution is 6.08. The van der Waals surface area contributed by atoms with Gasteiger partial charge in [-0.2, -0.15) is 0 Å². The molecule has 1 amide bonds. The maximum Gasteiger partial charge on any atom is 0.275 e. The third-order valence-electron chi connectivity index (χ3n) is 2.78. The Morgan fingerprint density at radius 3 is 2.47 bits per heavy atom. The molecule has 1 saturated heterocycles. The van der Waals surface area contributed by atoms with Crippen molar-refractivity contribution >= 4 is 11.6 Å². The van der Waals surface area contributed by atoms with Crippen molar-refractivity contribution in [2.75, 3.05) is 6.61 Å². The van der Waals surface area contributed by atoms with Crippen molar-refractivity contribution in [2.45, 2.75) is 19.4 Å². The number of hydrogen-bond donors (Lipinski definition) is 1. The standard InChI is InChI=1S/C12H14N2O3/c1-12(2,14-10(15)8-17-14)11(13-16)9-6-4-3-5-7-9/h3-7,16H,8H2,1-2H3. The highest BCUT2D eigenvalue weighted by atomic mass is 16.7. The molecule has 1 aromatic carbocycles. The monoisotopic (exact) mass is 234 g/mol. The minimum Gasteiger partial charge on any atom is -0.411 e. The zero-order chi connectivity index (χ0) is 12.5. The summed E-state index contributed by atoms with van der Waals surface area (Å²) in [7, 11) is 0. The molecule has 0 unspecified atom stereocenters. The molecule has 0 aromatic heterocycles. The quantitative estimate of drug-likeness (QED) is 0.488. The van der Waals surface area contributed by atoms with Crippen LogP contribution >= 0.6 is 0 Å². The molecular weight excluding hydrogens is 220 g/mol. The summed E-state index contributed by atoms with van der Waals surface area (Å²) in [5.74, 6) is -0.118. The molecule has 17 heavy (non-hydrogen) atoms. The number of rotatable bonds is 3. The number of hydroxylamine groups is 2. The number of nitrogens with zero attached hydrogens (tertiary/aromatic N) is 2. The van der Waals surface area contributed by atoms with Gasteiger partial charge in [-0.25, -0.2) is 5.06 Å². The second-order valence-electron chi connectivity index (χ2n) is 4.34. The summed E-state index contributed by atoms with van der Waals surface area (Å²) < 4.78 is 0. The van der Waals surface area contributed by atoms with Crippen LogP contribution in [0.2, 0.25) is 0 Å². The van der Waals surface area contributed by atoms with Crippen molar-refractivity contribution in [3.05, 3.63) is 35.9 Å². The zero-order valence-electron chi connectivity index (χ0n) is 9.75. The summed E-state index contributed by atoms with van der Waals surface area (Å²) in [6, 6.07) is 9.20. The zero-order valence-corrected chi connectivity index (χ0v) is 9.75. The lowest BCUT2D eigenvalue weighted by Crippen LogP contribution is -2.60. The van der Waals surface area contributed by atoms with Gasteiger partial charge in [-0.1, -0.05) is 35.5 Å². The van der Waals surface area contributed by atoms with Gasteiger partial charge in [0.1, 0.15) is 11.3 Å². The number of benzene rings is 1. The van der Waals surface area contributed by atoms with Crippen LogP contribution in [0.25, 0.3) is 0 Å². The van der Waals surface area contributed by atoms with Crippen molar-refractivity contribution in [1.29, 1.82) is 0 Å². The first kappa shape index (κ1) is 11.6. The molecule has 0 bridgehead atoms. The first-order valence-electron chi connectivity index (χ1n) is 5.31. The van der Waals surface area contributed by atoms with Crippen LogP contribution in [0, 0.1) is 0 Å². The molecule has 1 fully saturated rings. The van der Waals surface area contributed by atoms with E-state index in [0.29, 0.717) is 5.71 Å². The van der Waals surface area contributed by atoms with E-state index in [4.69, 9.17) is 10.0 Å². The highest BCUT2D eigenvalue weighted by Gasteiger charge is 2.43. The predicted molar refractivity (Wildman–Crippen MR) is 61.6 cm³/mol. The van der Waals surface area contributed by atoms with E-state index in [1.165, 1.54) is 5.06 Å². The van der Waals surface area contributed by atoms with E-state index in [1.807, 2.05) is 30.3 Å². The normalized spacial score (nSPS) is 16.9. The molecule has 2 rings (SSSR count). The second-order valence-corrected chi connectivity index (χ2v) is 4.34. The Morgan fingerprint density at radius 1 is 1.41 bits per heavy atom. The Morgan fingerprint density at radius 2 is 2.06 bits per heavy atom. The van der Waals surface area contributed by atoms with Crippen LogP contribution in [-0.2, 0) is 9.63 Å². The van der Waals surface area contributed by atoms with Gasteiger partial charge in [0.2, 0.25) is 0 Å². The van der Waals surface area contributed by atoms with Gasteiger partial charge < -0.3 is 5.21 Å². The summed E-state index contributed by atoms with van der Waals surface area (Å²) >= 11 is 0. The minimum atomic E-state index is -0.800. The summed E-state index contributed by atoms with van der Waals surface area (Å²) in [4.78, 5) is 16.5. The second kappa shape index (κ2) is 4.18. The first-order valence-corrected chi connectivity index (χ1v) is 5.31. The molecule has 1 N–H and O–H groups in total. The predicted octanol–water partition coefficient (Wildman–Crippen LogP) is 1.42. The molecular formula is C12H14N2O3. The molecule has 0 spiro atoms. The first-order chi connectivity index (χ1) is 8.07. The molecule has 0 radical (unpaired) electrons. The number of amides is 1. The molecule has 0 atom stereocenters. The van der Waals surface area contributed by atoms with Crippen LogP contribution in [0.1, 0.15) is 19.4 Å². The number of hydrogen-bond acceptors (Lipinski definition) is 4. The lowest BCUT2D eigenvalue weighted by Gasteiger charge is -2.42. The smallest absolute Gasteiger partial charge is 0.275 e. The van der Waals surface area contributed by atoms with Crippen LogP contribution in [0.5, 0.6) is 0 Å². The topological polar surface area (TPSA) is 62.1 Å². The average molecular weight is 234 g/mol. The van der Waals surface area contributed by atoms with Gasteiger partial charge in [0.25, 0.3) is 5.91 Å². The van der Waals surface area contributed by atoms with Crippen LogP contribution in [0.15, 0.2) is 35.5 Å². The van der Waals surface area contributed by atoms with Gasteiger partial charge in [0.15, 0.2) is 6.61 Å². The van der Waals surface area contributed by atoms with E-state index < -0.39 is 5.54 Å². The molecule has 1 aliphatic heterocycles. The van der Waals surface area contributed by atoms with Gasteiger partial charge >= 0.3 is 0 Å².